The van der Waals surface area contributed by atoms with E-state index < -0.39 is 0 Å². The van der Waals surface area contributed by atoms with Crippen LogP contribution >= 0.6 is 0 Å². The van der Waals surface area contributed by atoms with Crippen molar-refractivity contribution in [2.24, 2.45) is 5.92 Å². The Morgan fingerprint density at radius 1 is 1.26 bits per heavy atom. The number of rotatable bonds is 6. The second-order valence-electron chi connectivity index (χ2n) is 8.84. The molecule has 178 valence electrons. The van der Waals surface area contributed by atoms with Gasteiger partial charge in [0.1, 0.15) is 11.6 Å². The predicted molar refractivity (Wildman–Crippen MR) is 127 cm³/mol. The first-order chi connectivity index (χ1) is 17.0. The van der Waals surface area contributed by atoms with Crippen molar-refractivity contribution in [1.29, 1.82) is 0 Å². The molecule has 0 radical (unpaired) electrons. The van der Waals surface area contributed by atoms with Gasteiger partial charge in [-0.05, 0) is 24.6 Å². The van der Waals surface area contributed by atoms with Crippen molar-refractivity contribution in [2.75, 3.05) is 11.4 Å². The van der Waals surface area contributed by atoms with E-state index in [9.17, 15) is 14.0 Å². The molecule has 0 saturated carbocycles. The summed E-state index contributed by atoms with van der Waals surface area (Å²) in [6, 6.07) is 6.08. The number of carbonyl (C=O) groups is 1. The molecule has 1 unspecified atom stereocenters. The number of aryl methyl sites for hydroxylation is 1. The van der Waals surface area contributed by atoms with Gasteiger partial charge in [-0.25, -0.2) is 14.4 Å². The van der Waals surface area contributed by atoms with Gasteiger partial charge in [0.15, 0.2) is 11.2 Å². The molecular formula is C24H23FN8O2. The molecular weight excluding hydrogens is 451 g/mol. The number of benzene rings is 1. The third kappa shape index (κ3) is 3.59. The quantitative estimate of drug-likeness (QED) is 0.407. The van der Waals surface area contributed by atoms with Gasteiger partial charge in [-0.3, -0.25) is 23.2 Å². The maximum absolute atomic E-state index is 13.6. The van der Waals surface area contributed by atoms with Crippen LogP contribution < -0.4 is 10.5 Å². The van der Waals surface area contributed by atoms with Crippen molar-refractivity contribution in [1.82, 2.24) is 33.7 Å². The summed E-state index contributed by atoms with van der Waals surface area (Å²) in [5.41, 5.74) is 2.08. The lowest BCUT2D eigenvalue weighted by Crippen LogP contribution is -2.25. The zero-order chi connectivity index (χ0) is 24.1. The number of H-pyrrole nitrogens is 1. The summed E-state index contributed by atoms with van der Waals surface area (Å²) in [6.45, 7) is 3.61. The van der Waals surface area contributed by atoms with Crippen molar-refractivity contribution >= 4 is 28.5 Å². The fraction of sp³-hybridized carbons (Fsp3) is 0.292. The Labute approximate surface area is 198 Å². The summed E-state index contributed by atoms with van der Waals surface area (Å²) in [4.78, 5) is 39.4. The van der Waals surface area contributed by atoms with Crippen LogP contribution in [0.2, 0.25) is 0 Å². The van der Waals surface area contributed by atoms with Crippen LogP contribution in [0.1, 0.15) is 19.8 Å². The Hall–Kier alpha value is -4.28. The lowest BCUT2D eigenvalue weighted by molar-refractivity contribution is -0.117. The first kappa shape index (κ1) is 21.3. The summed E-state index contributed by atoms with van der Waals surface area (Å²) in [7, 11) is 0. The first-order valence-corrected chi connectivity index (χ1v) is 11.6. The zero-order valence-electron chi connectivity index (χ0n) is 19.1. The minimum atomic E-state index is -0.365. The summed E-state index contributed by atoms with van der Waals surface area (Å²) < 4.78 is 18.8. The average molecular weight is 475 g/mol. The number of carbonyl (C=O) groups excluding carboxylic acids is 1. The Morgan fingerprint density at radius 2 is 2.14 bits per heavy atom. The van der Waals surface area contributed by atoms with E-state index in [1.54, 1.807) is 44.9 Å². The van der Waals surface area contributed by atoms with E-state index in [1.807, 2.05) is 17.5 Å². The molecule has 5 aromatic rings. The molecule has 0 spiro atoms. The van der Waals surface area contributed by atoms with Gasteiger partial charge in [0.25, 0.3) is 5.56 Å². The fourth-order valence-corrected chi connectivity index (χ4v) is 4.78. The average Bonchev–Trinajstić information content (AvgIpc) is 3.62. The molecule has 6 rings (SSSR count). The minimum Gasteiger partial charge on any atom is -0.332 e. The van der Waals surface area contributed by atoms with Crippen LogP contribution in [0.5, 0.6) is 0 Å². The smallest absolute Gasteiger partial charge is 0.280 e. The molecule has 5 heterocycles. The molecule has 1 amide bonds. The van der Waals surface area contributed by atoms with Crippen LogP contribution in [-0.4, -0.2) is 46.2 Å². The number of aromatic nitrogens is 7. The van der Waals surface area contributed by atoms with E-state index in [2.05, 4.69) is 20.1 Å². The molecule has 11 heteroatoms. The lowest BCUT2D eigenvalue weighted by atomic mass is 10.1. The van der Waals surface area contributed by atoms with Crippen molar-refractivity contribution in [2.45, 2.75) is 32.9 Å². The van der Waals surface area contributed by atoms with Gasteiger partial charge < -0.3 is 9.88 Å². The predicted octanol–water partition coefficient (Wildman–Crippen LogP) is 2.84. The Morgan fingerprint density at radius 3 is 2.97 bits per heavy atom. The molecule has 1 saturated heterocycles. The van der Waals surface area contributed by atoms with Crippen molar-refractivity contribution in [3.63, 3.8) is 0 Å². The maximum Gasteiger partial charge on any atom is 0.280 e. The first-order valence-electron chi connectivity index (χ1n) is 11.6. The number of nitrogens with one attached hydrogen (secondary N) is 1. The Balaban J connectivity index is 1.26. The van der Waals surface area contributed by atoms with Gasteiger partial charge in [0, 0.05) is 56.3 Å². The number of fused-ring (bicyclic) bond motifs is 3. The second-order valence-corrected chi connectivity index (χ2v) is 8.84. The Bertz CT molecular complexity index is 1630. The topological polar surface area (TPSA) is 106 Å². The highest BCUT2D eigenvalue weighted by Crippen LogP contribution is 2.27. The van der Waals surface area contributed by atoms with Gasteiger partial charge in [0.2, 0.25) is 11.7 Å². The minimum absolute atomic E-state index is 0.0297. The molecule has 10 nitrogen and oxygen atoms in total. The largest absolute Gasteiger partial charge is 0.332 e. The molecule has 1 N–H and O–H groups in total. The van der Waals surface area contributed by atoms with Crippen LogP contribution in [0.4, 0.5) is 10.1 Å². The second kappa shape index (κ2) is 8.19. The van der Waals surface area contributed by atoms with E-state index in [0.717, 1.165) is 12.0 Å². The zero-order valence-corrected chi connectivity index (χ0v) is 19.1. The molecule has 4 aromatic heterocycles. The SMILES string of the molecule is CCCn1c(=O)c2[nH]c(-c3cnn(CC4CC(=O)N(c5cccc(F)c5)C4)c3)nc2n2ccnc12. The van der Waals surface area contributed by atoms with E-state index in [1.165, 1.54) is 12.1 Å². The number of aromatic amines is 1. The number of amides is 1. The molecule has 35 heavy (non-hydrogen) atoms. The van der Waals surface area contributed by atoms with Crippen molar-refractivity contribution in [3.05, 3.63) is 65.2 Å². The van der Waals surface area contributed by atoms with Crippen molar-refractivity contribution < 1.29 is 9.18 Å². The van der Waals surface area contributed by atoms with Crippen LogP contribution in [0.3, 0.4) is 0 Å². The van der Waals surface area contributed by atoms with Gasteiger partial charge in [-0.15, -0.1) is 0 Å². The van der Waals surface area contributed by atoms with Gasteiger partial charge >= 0.3 is 0 Å². The molecule has 1 atom stereocenters. The molecule has 1 fully saturated rings. The highest BCUT2D eigenvalue weighted by Gasteiger charge is 2.31. The number of hydrogen-bond acceptors (Lipinski definition) is 5. The monoisotopic (exact) mass is 474 g/mol. The van der Waals surface area contributed by atoms with Crippen LogP contribution in [0, 0.1) is 11.7 Å². The van der Waals surface area contributed by atoms with Gasteiger partial charge in [0.05, 0.1) is 11.8 Å². The number of halogens is 1. The number of anilines is 1. The molecule has 0 bridgehead atoms. The number of hydrogen-bond donors (Lipinski definition) is 1. The van der Waals surface area contributed by atoms with E-state index >= 15 is 0 Å². The van der Waals surface area contributed by atoms with Crippen LogP contribution in [0.15, 0.2) is 53.8 Å². The number of nitrogens with zero attached hydrogens (tertiary/aromatic N) is 7. The fourth-order valence-electron chi connectivity index (χ4n) is 4.78. The summed E-state index contributed by atoms with van der Waals surface area (Å²) in [6.07, 6.45) is 8.16. The maximum atomic E-state index is 13.6. The standard InChI is InChI=1S/C24H23FN8O2/c1-2-7-32-23(35)20-22(31-8-6-26-24(31)32)29-21(28-20)16-11-27-30(14-16)12-15-9-19(34)33(13-15)18-5-3-4-17(25)10-18/h3-6,8,10-11,14-15H,2,7,9,12-13H2,1H3,(H,28,29). The lowest BCUT2D eigenvalue weighted by Gasteiger charge is -2.16. The van der Waals surface area contributed by atoms with Crippen LogP contribution in [-0.2, 0) is 17.9 Å². The van der Waals surface area contributed by atoms with Crippen LogP contribution in [0.25, 0.3) is 28.3 Å². The normalized spacial score (nSPS) is 16.2. The molecule has 1 aliphatic rings. The van der Waals surface area contributed by atoms with E-state index in [0.29, 0.717) is 54.5 Å². The molecule has 0 aliphatic carbocycles. The van der Waals surface area contributed by atoms with E-state index in [-0.39, 0.29) is 23.2 Å². The summed E-state index contributed by atoms with van der Waals surface area (Å²) in [5, 5.41) is 4.45. The van der Waals surface area contributed by atoms with E-state index in [4.69, 9.17) is 0 Å². The highest BCUT2D eigenvalue weighted by atomic mass is 19.1. The third-order valence-corrected chi connectivity index (χ3v) is 6.36. The van der Waals surface area contributed by atoms with Gasteiger partial charge in [-0.2, -0.15) is 5.10 Å². The van der Waals surface area contributed by atoms with Gasteiger partial charge in [-0.1, -0.05) is 13.0 Å². The van der Waals surface area contributed by atoms with Crippen molar-refractivity contribution in [3.8, 4) is 11.4 Å². The molecule has 1 aliphatic heterocycles. The number of imidazole rings is 2. The highest BCUT2D eigenvalue weighted by molar-refractivity contribution is 5.95. The molecule has 1 aromatic carbocycles. The summed E-state index contributed by atoms with van der Waals surface area (Å²) in [5.74, 6) is 0.748. The third-order valence-electron chi connectivity index (χ3n) is 6.36. The summed E-state index contributed by atoms with van der Waals surface area (Å²) >= 11 is 0. The Kier molecular flexibility index (Phi) is 4.97.